The van der Waals surface area contributed by atoms with Crippen LogP contribution < -0.4 is 5.32 Å². The molecule has 0 aromatic carbocycles. The van der Waals surface area contributed by atoms with E-state index in [0.29, 0.717) is 27.8 Å². The highest BCUT2D eigenvalue weighted by atomic mass is 127. The summed E-state index contributed by atoms with van der Waals surface area (Å²) in [7, 11) is 8.34. The Kier molecular flexibility index (Phi) is 7.38. The highest BCUT2D eigenvalue weighted by molar-refractivity contribution is 14.1. The SMILES string of the molecule is [B]OC(=O)C1=C(CI)CS(=O)[C@@H]2[C@H](NC(=O)/C(=N/OC3(C(=O)O[B])CC3)c3csc(C)n3)C(=O)N12. The largest absolute Gasteiger partial charge is 0.540 e. The van der Waals surface area contributed by atoms with E-state index in [9.17, 15) is 23.4 Å². The number of halogens is 1. The molecule has 2 fully saturated rings. The predicted molar refractivity (Wildman–Crippen MR) is 132 cm³/mol. The van der Waals surface area contributed by atoms with Crippen LogP contribution in [-0.4, -0.2) is 86.9 Å². The summed E-state index contributed by atoms with van der Waals surface area (Å²) in [6.07, 6.45) is 0.584. The third kappa shape index (κ3) is 4.64. The maximum Gasteiger partial charge on any atom is 0.378 e. The first-order valence-electron chi connectivity index (χ1n) is 9.97. The highest BCUT2D eigenvalue weighted by Gasteiger charge is 2.58. The predicted octanol–water partition coefficient (Wildman–Crippen LogP) is -0.937. The molecule has 3 aliphatic rings. The van der Waals surface area contributed by atoms with Crippen LogP contribution in [0.25, 0.3) is 0 Å². The van der Waals surface area contributed by atoms with Gasteiger partial charge in [-0.2, -0.15) is 0 Å². The molecule has 17 heteroatoms. The molecule has 12 nitrogen and oxygen atoms in total. The zero-order valence-electron chi connectivity index (χ0n) is 18.0. The Balaban J connectivity index is 1.58. The monoisotopic (exact) mass is 628 g/mol. The quantitative estimate of drug-likeness (QED) is 0.0961. The molecule has 1 aromatic rings. The molecule has 3 heterocycles. The average molecular weight is 628 g/mol. The Morgan fingerprint density at radius 2 is 2.09 bits per heavy atom. The van der Waals surface area contributed by atoms with Crippen LogP contribution in [0.5, 0.6) is 0 Å². The number of aromatic nitrogens is 1. The van der Waals surface area contributed by atoms with Crippen molar-refractivity contribution in [2.45, 2.75) is 36.8 Å². The minimum atomic E-state index is -1.61. The molecule has 1 aromatic heterocycles. The first-order chi connectivity index (χ1) is 16.7. The number of fused-ring (bicyclic) bond motifs is 1. The van der Waals surface area contributed by atoms with Gasteiger partial charge in [0.15, 0.2) is 5.71 Å². The van der Waals surface area contributed by atoms with Crippen molar-refractivity contribution in [3.05, 3.63) is 27.4 Å². The van der Waals surface area contributed by atoms with E-state index in [4.69, 9.17) is 20.9 Å². The molecule has 1 unspecified atom stereocenters. The van der Waals surface area contributed by atoms with E-state index in [0.717, 1.165) is 4.90 Å². The minimum Gasteiger partial charge on any atom is -0.540 e. The summed E-state index contributed by atoms with van der Waals surface area (Å²) in [5.41, 5.74) is -1.18. The minimum absolute atomic E-state index is 0.00719. The van der Waals surface area contributed by atoms with Crippen molar-refractivity contribution in [2.24, 2.45) is 5.16 Å². The van der Waals surface area contributed by atoms with Gasteiger partial charge in [-0.15, -0.1) is 11.3 Å². The van der Waals surface area contributed by atoms with Crippen LogP contribution in [0, 0.1) is 6.92 Å². The summed E-state index contributed by atoms with van der Waals surface area (Å²) in [6, 6.07) is -1.21. The van der Waals surface area contributed by atoms with E-state index >= 15 is 0 Å². The molecular formula is C18H15B2IN4O8S2. The number of hydrogen-bond acceptors (Lipinski definition) is 11. The molecule has 4 radical (unpaired) electrons. The number of hydrogen-bond donors (Lipinski definition) is 1. The Morgan fingerprint density at radius 3 is 2.63 bits per heavy atom. The number of rotatable bonds is 8. The summed E-state index contributed by atoms with van der Waals surface area (Å²) in [5, 5.41) is 7.51. The van der Waals surface area contributed by atoms with Gasteiger partial charge < -0.3 is 19.5 Å². The number of alkyl halides is 1. The van der Waals surface area contributed by atoms with Gasteiger partial charge in [-0.1, -0.05) is 27.7 Å². The fraction of sp³-hybridized carbons (Fsp3) is 0.444. The second-order valence-corrected chi connectivity index (χ2v) is 11.1. The number of amides is 2. The third-order valence-electron chi connectivity index (χ3n) is 5.52. The van der Waals surface area contributed by atoms with Gasteiger partial charge in [0.2, 0.25) is 5.60 Å². The van der Waals surface area contributed by atoms with Crippen LogP contribution in [-0.2, 0) is 44.1 Å². The summed E-state index contributed by atoms with van der Waals surface area (Å²) in [4.78, 5) is 60.7. The van der Waals surface area contributed by atoms with E-state index < -0.39 is 51.6 Å². The van der Waals surface area contributed by atoms with Gasteiger partial charge in [0.1, 0.15) is 22.8 Å². The lowest BCUT2D eigenvalue weighted by Crippen LogP contribution is -2.74. The molecule has 1 saturated carbocycles. The van der Waals surface area contributed by atoms with Crippen LogP contribution in [0.4, 0.5) is 0 Å². The molecule has 3 atom stereocenters. The van der Waals surface area contributed by atoms with Crippen LogP contribution in [0.2, 0.25) is 0 Å². The number of oxime groups is 1. The zero-order chi connectivity index (χ0) is 25.5. The lowest BCUT2D eigenvalue weighted by molar-refractivity contribution is -0.150. The van der Waals surface area contributed by atoms with Crippen molar-refractivity contribution in [1.29, 1.82) is 0 Å². The maximum absolute atomic E-state index is 13.2. The molecule has 0 bridgehead atoms. The Morgan fingerprint density at radius 1 is 1.37 bits per heavy atom. The van der Waals surface area contributed by atoms with Gasteiger partial charge in [-0.3, -0.25) is 18.7 Å². The van der Waals surface area contributed by atoms with Crippen LogP contribution in [0.1, 0.15) is 23.5 Å². The first kappa shape index (κ1) is 25.8. The summed E-state index contributed by atoms with van der Waals surface area (Å²) < 4.78 is 21.7. The van der Waals surface area contributed by atoms with Crippen LogP contribution in [0.3, 0.4) is 0 Å². The molecule has 2 amide bonds. The topological polar surface area (TPSA) is 154 Å². The normalized spacial score (nSPS) is 24.7. The number of aryl methyl sites for hydroxylation is 1. The molecule has 180 valence electrons. The molecule has 35 heavy (non-hydrogen) atoms. The summed E-state index contributed by atoms with van der Waals surface area (Å²) >= 11 is 3.22. The van der Waals surface area contributed by atoms with Gasteiger partial charge in [-0.25, -0.2) is 14.6 Å². The number of β-lactam (4-membered cyclic amide) rings is 1. The Hall–Kier alpha value is -2.27. The summed E-state index contributed by atoms with van der Waals surface area (Å²) in [6.45, 7) is 1.71. The fourth-order valence-corrected chi connectivity index (χ4v) is 6.85. The van der Waals surface area contributed by atoms with Crippen molar-refractivity contribution in [3.8, 4) is 0 Å². The van der Waals surface area contributed by atoms with Crippen molar-refractivity contribution in [1.82, 2.24) is 15.2 Å². The lowest BCUT2D eigenvalue weighted by atomic mass is 10.0. The summed E-state index contributed by atoms with van der Waals surface area (Å²) in [5.74, 6) is -3.29. The number of nitrogens with one attached hydrogen (secondary N) is 1. The smallest absolute Gasteiger partial charge is 0.378 e. The van der Waals surface area contributed by atoms with E-state index in [-0.39, 0.29) is 22.9 Å². The number of carbonyl (C=O) groups excluding carboxylic acids is 4. The standard InChI is InChI=1S/C18H15B2IN4O8S2/c1-7-22-9(5-34-7)10(24-33-18(2-3-18)17(29)32-20)13(26)23-11-14(27)25-12(16(28)31-19)8(4-21)6-35(30)15(11)25/h5,11,15H,2-4,6H2,1H3,(H,23,26)/b24-10+/t11-,15-,35?/m1/s1. The van der Waals surface area contributed by atoms with E-state index in [2.05, 4.69) is 24.8 Å². The number of carbonyl (C=O) groups is 4. The van der Waals surface area contributed by atoms with Gasteiger partial charge in [0.05, 0.1) is 21.6 Å². The maximum atomic E-state index is 13.2. The van der Waals surface area contributed by atoms with Gasteiger partial charge >= 0.3 is 28.0 Å². The van der Waals surface area contributed by atoms with E-state index in [1.807, 2.05) is 22.6 Å². The van der Waals surface area contributed by atoms with Gasteiger partial charge in [-0.05, 0) is 12.5 Å². The fourth-order valence-electron chi connectivity index (χ4n) is 3.57. The Labute approximate surface area is 221 Å². The van der Waals surface area contributed by atoms with E-state index in [1.165, 1.54) is 11.3 Å². The second-order valence-electron chi connectivity index (χ2n) is 7.75. The molecular weight excluding hydrogens is 613 g/mol. The molecule has 2 aliphatic heterocycles. The van der Waals surface area contributed by atoms with Gasteiger partial charge in [0, 0.05) is 22.6 Å². The molecule has 1 N–H and O–H groups in total. The molecule has 4 rings (SSSR count). The lowest BCUT2D eigenvalue weighted by Gasteiger charge is -2.49. The molecule has 1 saturated heterocycles. The number of thiazole rings is 1. The van der Waals surface area contributed by atoms with E-state index in [1.54, 1.807) is 12.3 Å². The van der Waals surface area contributed by atoms with Crippen molar-refractivity contribution in [2.75, 3.05) is 10.2 Å². The first-order valence-corrected chi connectivity index (χ1v) is 13.8. The van der Waals surface area contributed by atoms with Crippen LogP contribution in [0.15, 0.2) is 21.8 Å². The van der Waals surface area contributed by atoms with Crippen molar-refractivity contribution < 1.29 is 37.5 Å². The van der Waals surface area contributed by atoms with Gasteiger partial charge in [0.25, 0.3) is 11.8 Å². The third-order valence-corrected chi connectivity index (χ3v) is 8.87. The van der Waals surface area contributed by atoms with Crippen LogP contribution >= 0.6 is 33.9 Å². The highest BCUT2D eigenvalue weighted by Crippen LogP contribution is 2.41. The van der Waals surface area contributed by atoms with Crippen molar-refractivity contribution >= 4 is 90.3 Å². The second kappa shape index (κ2) is 10.0. The molecule has 1 aliphatic carbocycles. The Bertz CT molecular complexity index is 1200. The van der Waals surface area contributed by atoms with Crippen molar-refractivity contribution in [3.63, 3.8) is 0 Å². The molecule has 0 spiro atoms. The zero-order valence-corrected chi connectivity index (χ0v) is 21.8. The average Bonchev–Trinajstić information content (AvgIpc) is 3.53. The number of nitrogens with zero attached hydrogens (tertiary/aromatic N) is 3.